The van der Waals surface area contributed by atoms with Crippen molar-refractivity contribution in [2.24, 2.45) is 10.7 Å². The zero-order valence-electron chi connectivity index (χ0n) is 7.18. The summed E-state index contributed by atoms with van der Waals surface area (Å²) < 4.78 is 0. The van der Waals surface area contributed by atoms with Crippen LogP contribution in [0.15, 0.2) is 28.8 Å². The number of allylic oxidation sites excluding steroid dienone is 2. The molecule has 0 aromatic heterocycles. The zero-order valence-corrected chi connectivity index (χ0v) is 7.18. The number of aliphatic carboxylic acids is 1. The predicted molar refractivity (Wildman–Crippen MR) is 50.8 cm³/mol. The van der Waals surface area contributed by atoms with E-state index in [2.05, 4.69) is 4.99 Å². The average molecular weight is 180 g/mol. The van der Waals surface area contributed by atoms with Gasteiger partial charge >= 0.3 is 5.97 Å². The van der Waals surface area contributed by atoms with Crippen molar-refractivity contribution in [3.05, 3.63) is 23.8 Å². The first-order chi connectivity index (χ1) is 6.20. The first kappa shape index (κ1) is 9.67. The first-order valence-corrected chi connectivity index (χ1v) is 4.04. The van der Waals surface area contributed by atoms with E-state index in [1.807, 2.05) is 12.2 Å². The Bertz CT molecular complexity index is 279. The summed E-state index contributed by atoms with van der Waals surface area (Å²) >= 11 is 0. The lowest BCUT2D eigenvalue weighted by Crippen LogP contribution is -2.30. The van der Waals surface area contributed by atoms with E-state index >= 15 is 0 Å². The van der Waals surface area contributed by atoms with Crippen LogP contribution in [0.3, 0.4) is 0 Å². The van der Waals surface area contributed by atoms with Crippen molar-refractivity contribution in [1.82, 2.24) is 0 Å². The summed E-state index contributed by atoms with van der Waals surface area (Å²) in [5.41, 5.74) is 6.28. The van der Waals surface area contributed by atoms with Crippen molar-refractivity contribution in [3.8, 4) is 0 Å². The van der Waals surface area contributed by atoms with Gasteiger partial charge in [-0.1, -0.05) is 12.2 Å². The highest BCUT2D eigenvalue weighted by atomic mass is 16.4. The standard InChI is InChI=1S/C9H12N2O2/c10-8(9(12)13)6-7-2-1-4-11-5-3-7/h1-3,5,8H,4,6,10H2,(H,12,13). The molecule has 1 rings (SSSR count). The van der Waals surface area contributed by atoms with Gasteiger partial charge in [-0.05, 0) is 18.1 Å². The quantitative estimate of drug-likeness (QED) is 0.658. The minimum absolute atomic E-state index is 0.345. The molecule has 13 heavy (non-hydrogen) atoms. The normalized spacial score (nSPS) is 17.8. The zero-order chi connectivity index (χ0) is 9.68. The molecular formula is C9H12N2O2. The van der Waals surface area contributed by atoms with E-state index in [1.54, 1.807) is 12.3 Å². The van der Waals surface area contributed by atoms with Gasteiger partial charge in [0.2, 0.25) is 0 Å². The van der Waals surface area contributed by atoms with Gasteiger partial charge < -0.3 is 10.8 Å². The Hall–Kier alpha value is -1.42. The van der Waals surface area contributed by atoms with Crippen molar-refractivity contribution in [2.75, 3.05) is 6.54 Å². The Balaban J connectivity index is 2.57. The van der Waals surface area contributed by atoms with Crippen LogP contribution in [-0.4, -0.2) is 29.9 Å². The highest BCUT2D eigenvalue weighted by Gasteiger charge is 2.12. The summed E-state index contributed by atoms with van der Waals surface area (Å²) in [7, 11) is 0. The van der Waals surface area contributed by atoms with E-state index in [1.165, 1.54) is 0 Å². The monoisotopic (exact) mass is 180 g/mol. The summed E-state index contributed by atoms with van der Waals surface area (Å²) in [5, 5.41) is 8.57. The first-order valence-electron chi connectivity index (χ1n) is 4.04. The molecule has 0 aromatic carbocycles. The van der Waals surface area contributed by atoms with Crippen LogP contribution in [0.25, 0.3) is 0 Å². The summed E-state index contributed by atoms with van der Waals surface area (Å²) in [6.45, 7) is 0.641. The highest BCUT2D eigenvalue weighted by molar-refractivity contribution is 5.76. The van der Waals surface area contributed by atoms with E-state index in [-0.39, 0.29) is 0 Å². The van der Waals surface area contributed by atoms with Crippen molar-refractivity contribution >= 4 is 12.2 Å². The number of carboxylic acid groups (broad SMARTS) is 1. The number of nitrogens with two attached hydrogens (primary N) is 1. The molecule has 0 aliphatic carbocycles. The van der Waals surface area contributed by atoms with Crippen LogP contribution in [-0.2, 0) is 4.79 Å². The van der Waals surface area contributed by atoms with E-state index < -0.39 is 12.0 Å². The molecule has 0 spiro atoms. The number of hydrogen-bond donors (Lipinski definition) is 2. The van der Waals surface area contributed by atoms with Crippen LogP contribution in [0.4, 0.5) is 0 Å². The SMILES string of the molecule is NC(CC1=CC=NCC=C1)C(=O)O. The van der Waals surface area contributed by atoms with Crippen molar-refractivity contribution in [1.29, 1.82) is 0 Å². The lowest BCUT2D eigenvalue weighted by atomic mass is 10.1. The molecule has 1 aliphatic rings. The average Bonchev–Trinajstić information content (AvgIpc) is 2.32. The molecule has 0 saturated heterocycles. The Labute approximate surface area is 76.5 Å². The maximum Gasteiger partial charge on any atom is 0.320 e. The lowest BCUT2D eigenvalue weighted by molar-refractivity contribution is -0.138. The molecule has 1 unspecified atom stereocenters. The van der Waals surface area contributed by atoms with Gasteiger partial charge in [-0.2, -0.15) is 0 Å². The third-order valence-electron chi connectivity index (χ3n) is 1.71. The largest absolute Gasteiger partial charge is 0.480 e. The van der Waals surface area contributed by atoms with E-state index in [4.69, 9.17) is 10.8 Å². The molecule has 70 valence electrons. The van der Waals surface area contributed by atoms with Crippen LogP contribution in [0.5, 0.6) is 0 Å². The molecule has 4 heteroatoms. The molecule has 0 bridgehead atoms. The van der Waals surface area contributed by atoms with Gasteiger partial charge in [0.15, 0.2) is 0 Å². The molecule has 0 saturated carbocycles. The number of carboxylic acids is 1. The van der Waals surface area contributed by atoms with Gasteiger partial charge in [0.25, 0.3) is 0 Å². The number of nitrogens with zero attached hydrogens (tertiary/aromatic N) is 1. The second-order valence-corrected chi connectivity index (χ2v) is 2.81. The number of rotatable bonds is 3. The molecular weight excluding hydrogens is 168 g/mol. The van der Waals surface area contributed by atoms with Crippen molar-refractivity contribution in [2.45, 2.75) is 12.5 Å². The second kappa shape index (κ2) is 4.57. The maximum atomic E-state index is 10.4. The molecule has 0 aromatic rings. The number of aliphatic imine (C=N–C) groups is 1. The molecule has 1 atom stereocenters. The molecule has 4 nitrogen and oxygen atoms in total. The molecule has 0 radical (unpaired) electrons. The molecule has 0 fully saturated rings. The van der Waals surface area contributed by atoms with Crippen molar-refractivity contribution in [3.63, 3.8) is 0 Å². The van der Waals surface area contributed by atoms with Crippen LogP contribution >= 0.6 is 0 Å². The molecule has 3 N–H and O–H groups in total. The molecule has 0 amide bonds. The Morgan fingerprint density at radius 1 is 1.77 bits per heavy atom. The van der Waals surface area contributed by atoms with Gasteiger partial charge in [0.1, 0.15) is 6.04 Å². The van der Waals surface area contributed by atoms with E-state index in [0.717, 1.165) is 5.57 Å². The Morgan fingerprint density at radius 3 is 3.23 bits per heavy atom. The topological polar surface area (TPSA) is 75.7 Å². The Kier molecular flexibility index (Phi) is 3.40. The highest BCUT2D eigenvalue weighted by Crippen LogP contribution is 2.07. The maximum absolute atomic E-state index is 10.4. The van der Waals surface area contributed by atoms with Gasteiger partial charge in [0.05, 0.1) is 6.54 Å². The molecule has 1 aliphatic heterocycles. The predicted octanol–water partition coefficient (Wildman–Crippen LogP) is 0.355. The van der Waals surface area contributed by atoms with Gasteiger partial charge in [0, 0.05) is 6.21 Å². The smallest absolute Gasteiger partial charge is 0.320 e. The molecule has 1 heterocycles. The van der Waals surface area contributed by atoms with Crippen LogP contribution in [0.2, 0.25) is 0 Å². The summed E-state index contributed by atoms with van der Waals surface area (Å²) in [4.78, 5) is 14.4. The fourth-order valence-electron chi connectivity index (χ4n) is 1.01. The minimum Gasteiger partial charge on any atom is -0.480 e. The number of hydrogen-bond acceptors (Lipinski definition) is 3. The van der Waals surface area contributed by atoms with E-state index in [9.17, 15) is 4.79 Å². The van der Waals surface area contributed by atoms with Crippen LogP contribution in [0, 0.1) is 0 Å². The second-order valence-electron chi connectivity index (χ2n) is 2.81. The van der Waals surface area contributed by atoms with Crippen LogP contribution < -0.4 is 5.73 Å². The summed E-state index contributed by atoms with van der Waals surface area (Å²) in [6.07, 6.45) is 7.54. The van der Waals surface area contributed by atoms with Gasteiger partial charge in [-0.15, -0.1) is 0 Å². The van der Waals surface area contributed by atoms with Gasteiger partial charge in [-0.25, -0.2) is 0 Å². The third kappa shape index (κ3) is 3.21. The van der Waals surface area contributed by atoms with Crippen LogP contribution in [0.1, 0.15) is 6.42 Å². The lowest BCUT2D eigenvalue weighted by Gasteiger charge is -2.05. The fourth-order valence-corrected chi connectivity index (χ4v) is 1.01. The Morgan fingerprint density at radius 2 is 2.54 bits per heavy atom. The van der Waals surface area contributed by atoms with E-state index in [0.29, 0.717) is 13.0 Å². The third-order valence-corrected chi connectivity index (χ3v) is 1.71. The summed E-state index contributed by atoms with van der Waals surface area (Å²) in [6, 6.07) is -0.831. The minimum atomic E-state index is -0.976. The number of carbonyl (C=O) groups is 1. The fraction of sp³-hybridized carbons (Fsp3) is 0.333. The summed E-state index contributed by atoms with van der Waals surface area (Å²) in [5.74, 6) is -0.976. The van der Waals surface area contributed by atoms with Crippen molar-refractivity contribution < 1.29 is 9.90 Å². The van der Waals surface area contributed by atoms with Gasteiger partial charge in [-0.3, -0.25) is 9.79 Å².